The van der Waals surface area contributed by atoms with Crippen LogP contribution in [0.2, 0.25) is 10.0 Å². The molecule has 19 heavy (non-hydrogen) atoms. The average molecular weight is 315 g/mol. The van der Waals surface area contributed by atoms with E-state index in [2.05, 4.69) is 21.4 Å². The van der Waals surface area contributed by atoms with Crippen LogP contribution in [-0.4, -0.2) is 33.1 Å². The van der Waals surface area contributed by atoms with Crippen molar-refractivity contribution < 1.29 is 4.74 Å². The van der Waals surface area contributed by atoms with E-state index in [0.29, 0.717) is 32.4 Å². The Balaban J connectivity index is 2.47. The smallest absolute Gasteiger partial charge is 0.215 e. The number of halogens is 2. The van der Waals surface area contributed by atoms with Gasteiger partial charge in [-0.15, -0.1) is 11.5 Å². The number of methoxy groups -OCH3 is 1. The molecule has 0 aliphatic heterocycles. The van der Waals surface area contributed by atoms with Crippen LogP contribution in [0.25, 0.3) is 5.69 Å². The third-order valence-corrected chi connectivity index (χ3v) is 3.60. The van der Waals surface area contributed by atoms with Crippen LogP contribution in [0.3, 0.4) is 0 Å². The Morgan fingerprint density at radius 2 is 2.21 bits per heavy atom. The zero-order valence-electron chi connectivity index (χ0n) is 9.80. The highest BCUT2D eigenvalue weighted by Crippen LogP contribution is 2.33. The summed E-state index contributed by atoms with van der Waals surface area (Å²) in [6.07, 6.45) is 5.22. The maximum absolute atomic E-state index is 6.15. The summed E-state index contributed by atoms with van der Waals surface area (Å²) in [7, 11) is 1.52. The van der Waals surface area contributed by atoms with Gasteiger partial charge in [0.1, 0.15) is 5.75 Å². The van der Waals surface area contributed by atoms with Crippen molar-refractivity contribution in [2.75, 3.05) is 12.9 Å². The summed E-state index contributed by atoms with van der Waals surface area (Å²) in [5, 5.41) is 12.8. The van der Waals surface area contributed by atoms with Crippen molar-refractivity contribution in [1.82, 2.24) is 20.2 Å². The highest BCUT2D eigenvalue weighted by molar-refractivity contribution is 7.99. The molecule has 0 saturated carbocycles. The fourth-order valence-corrected chi connectivity index (χ4v) is 2.47. The fourth-order valence-electron chi connectivity index (χ4n) is 1.36. The lowest BCUT2D eigenvalue weighted by atomic mass is 10.3. The minimum absolute atomic E-state index is 0.417. The molecule has 0 N–H and O–H groups in total. The Kier molecular flexibility index (Phi) is 4.53. The van der Waals surface area contributed by atoms with E-state index < -0.39 is 0 Å². The lowest BCUT2D eigenvalue weighted by Gasteiger charge is -2.09. The Bertz CT molecular complexity index is 638. The number of hydrogen-bond acceptors (Lipinski definition) is 5. The van der Waals surface area contributed by atoms with Crippen LogP contribution in [0.4, 0.5) is 0 Å². The number of benzene rings is 1. The van der Waals surface area contributed by atoms with Crippen LogP contribution in [-0.2, 0) is 0 Å². The molecule has 0 bridgehead atoms. The highest BCUT2D eigenvalue weighted by Gasteiger charge is 2.14. The number of rotatable bonds is 4. The Labute approximate surface area is 124 Å². The van der Waals surface area contributed by atoms with E-state index in [0.717, 1.165) is 0 Å². The maximum atomic E-state index is 6.15. The summed E-state index contributed by atoms with van der Waals surface area (Å²) in [5.41, 5.74) is 0.576. The Morgan fingerprint density at radius 1 is 1.42 bits per heavy atom. The second-order valence-electron chi connectivity index (χ2n) is 3.30. The zero-order valence-corrected chi connectivity index (χ0v) is 12.1. The number of nitrogens with zero attached hydrogens (tertiary/aromatic N) is 4. The van der Waals surface area contributed by atoms with Crippen molar-refractivity contribution in [3.8, 4) is 23.8 Å². The quantitative estimate of drug-likeness (QED) is 0.641. The molecule has 1 heterocycles. The van der Waals surface area contributed by atoms with Crippen LogP contribution >= 0.6 is 35.0 Å². The third kappa shape index (κ3) is 2.95. The standard InChI is InChI=1S/C11H8Cl2N4OS/c1-3-4-19-11-14-15-16-17(11)9-6-10(18-2)8(13)5-7(9)12/h1,5-6H,4H2,2H3. The van der Waals surface area contributed by atoms with Gasteiger partial charge in [-0.3, -0.25) is 0 Å². The first kappa shape index (κ1) is 14.0. The molecule has 8 heteroatoms. The normalized spacial score (nSPS) is 10.2. The Morgan fingerprint density at radius 3 is 2.89 bits per heavy atom. The molecule has 0 spiro atoms. The molecule has 1 aromatic carbocycles. The van der Waals surface area contributed by atoms with Crippen LogP contribution in [0.5, 0.6) is 5.75 Å². The molecule has 0 amide bonds. The van der Waals surface area contributed by atoms with E-state index in [-0.39, 0.29) is 0 Å². The molecule has 0 aliphatic rings. The van der Waals surface area contributed by atoms with Gasteiger partial charge in [-0.1, -0.05) is 40.9 Å². The van der Waals surface area contributed by atoms with Gasteiger partial charge >= 0.3 is 0 Å². The number of aromatic nitrogens is 4. The van der Waals surface area contributed by atoms with Crippen LogP contribution in [0.15, 0.2) is 17.3 Å². The van der Waals surface area contributed by atoms with Crippen molar-refractivity contribution in [3.63, 3.8) is 0 Å². The predicted molar refractivity (Wildman–Crippen MR) is 75.3 cm³/mol. The van der Waals surface area contributed by atoms with Crippen LogP contribution < -0.4 is 4.74 Å². The van der Waals surface area contributed by atoms with Gasteiger partial charge in [-0.2, -0.15) is 4.68 Å². The van der Waals surface area contributed by atoms with E-state index in [4.69, 9.17) is 34.4 Å². The zero-order chi connectivity index (χ0) is 13.8. The summed E-state index contributed by atoms with van der Waals surface area (Å²) < 4.78 is 6.64. The molecule has 0 atom stereocenters. The third-order valence-electron chi connectivity index (χ3n) is 2.17. The van der Waals surface area contributed by atoms with Gasteiger partial charge in [-0.25, -0.2) is 0 Å². The number of thioether (sulfide) groups is 1. The van der Waals surface area contributed by atoms with E-state index in [1.807, 2.05) is 0 Å². The van der Waals surface area contributed by atoms with Crippen LogP contribution in [0.1, 0.15) is 0 Å². The number of tetrazole rings is 1. The second-order valence-corrected chi connectivity index (χ2v) is 5.06. The molecule has 98 valence electrons. The number of terminal acetylenes is 1. The fraction of sp³-hybridized carbons (Fsp3) is 0.182. The van der Waals surface area contributed by atoms with Gasteiger partial charge in [0, 0.05) is 6.07 Å². The Hall–Kier alpha value is -1.42. The molecule has 0 radical (unpaired) electrons. The maximum Gasteiger partial charge on any atom is 0.215 e. The summed E-state index contributed by atoms with van der Waals surface area (Å²) in [6, 6.07) is 3.25. The molecule has 1 aromatic heterocycles. The number of ether oxygens (including phenoxy) is 1. The second kappa shape index (κ2) is 6.15. The number of hydrogen-bond donors (Lipinski definition) is 0. The molecule has 0 aliphatic carbocycles. The monoisotopic (exact) mass is 314 g/mol. The first-order valence-electron chi connectivity index (χ1n) is 5.05. The minimum atomic E-state index is 0.417. The lowest BCUT2D eigenvalue weighted by Crippen LogP contribution is -2.01. The molecular weight excluding hydrogens is 307 g/mol. The van der Waals surface area contributed by atoms with Gasteiger partial charge in [0.2, 0.25) is 5.16 Å². The summed E-state index contributed by atoms with van der Waals surface area (Å²) in [4.78, 5) is 0. The molecule has 2 rings (SSSR count). The summed E-state index contributed by atoms with van der Waals surface area (Å²) in [5.74, 6) is 3.46. The highest BCUT2D eigenvalue weighted by atomic mass is 35.5. The molecule has 0 unspecified atom stereocenters. The van der Waals surface area contributed by atoms with Crippen molar-refractivity contribution in [1.29, 1.82) is 0 Å². The summed E-state index contributed by atoms with van der Waals surface area (Å²) in [6.45, 7) is 0. The molecule has 5 nitrogen and oxygen atoms in total. The van der Waals surface area contributed by atoms with E-state index >= 15 is 0 Å². The molecule has 0 saturated heterocycles. The first-order chi connectivity index (χ1) is 9.17. The molecule has 2 aromatic rings. The van der Waals surface area contributed by atoms with E-state index in [1.54, 1.807) is 12.1 Å². The SMILES string of the molecule is C#CCSc1nnnn1-c1cc(OC)c(Cl)cc1Cl. The van der Waals surface area contributed by atoms with Crippen molar-refractivity contribution in [2.45, 2.75) is 5.16 Å². The van der Waals surface area contributed by atoms with Gasteiger partial charge in [-0.05, 0) is 16.5 Å². The van der Waals surface area contributed by atoms with Gasteiger partial charge in [0.25, 0.3) is 0 Å². The van der Waals surface area contributed by atoms with E-state index in [9.17, 15) is 0 Å². The largest absolute Gasteiger partial charge is 0.495 e. The van der Waals surface area contributed by atoms with Gasteiger partial charge in [0.15, 0.2) is 0 Å². The minimum Gasteiger partial charge on any atom is -0.495 e. The summed E-state index contributed by atoms with van der Waals surface area (Å²) >= 11 is 13.5. The van der Waals surface area contributed by atoms with Crippen molar-refractivity contribution in [3.05, 3.63) is 22.2 Å². The van der Waals surface area contributed by atoms with Gasteiger partial charge in [0.05, 0.1) is 28.6 Å². The van der Waals surface area contributed by atoms with Crippen LogP contribution in [0, 0.1) is 12.3 Å². The average Bonchev–Trinajstić information content (AvgIpc) is 2.84. The topological polar surface area (TPSA) is 52.8 Å². The lowest BCUT2D eigenvalue weighted by molar-refractivity contribution is 0.414. The molecule has 0 fully saturated rings. The first-order valence-corrected chi connectivity index (χ1v) is 6.79. The predicted octanol–water partition coefficient (Wildman–Crippen LogP) is 2.70. The molecular formula is C11H8Cl2N4OS. The van der Waals surface area contributed by atoms with Crippen molar-refractivity contribution >= 4 is 35.0 Å². The van der Waals surface area contributed by atoms with Gasteiger partial charge < -0.3 is 4.74 Å². The van der Waals surface area contributed by atoms with E-state index in [1.165, 1.54) is 23.6 Å². The van der Waals surface area contributed by atoms with Crippen molar-refractivity contribution in [2.24, 2.45) is 0 Å².